The van der Waals surface area contributed by atoms with E-state index < -0.39 is 5.97 Å². The van der Waals surface area contributed by atoms with Crippen molar-refractivity contribution in [3.63, 3.8) is 0 Å². The van der Waals surface area contributed by atoms with Gasteiger partial charge in [-0.2, -0.15) is 0 Å². The maximum absolute atomic E-state index is 10.7. The molecular formula is C17H16O2. The molecule has 0 amide bonds. The standard InChI is InChI=1S/C17H16O2/c1-12-6-5-9-15(13(12)2)16-8-4-3-7-14(16)10-11-17(18)19/h3-11H,1-2H3,(H,18,19). The van der Waals surface area contributed by atoms with Gasteiger partial charge in [-0.1, -0.05) is 42.5 Å². The second-order valence-electron chi connectivity index (χ2n) is 4.51. The number of rotatable bonds is 3. The van der Waals surface area contributed by atoms with Gasteiger partial charge in [-0.05, 0) is 47.7 Å². The van der Waals surface area contributed by atoms with Crippen molar-refractivity contribution in [2.45, 2.75) is 13.8 Å². The molecule has 0 aliphatic rings. The number of hydrogen-bond acceptors (Lipinski definition) is 1. The quantitative estimate of drug-likeness (QED) is 0.836. The number of carboxylic acid groups (broad SMARTS) is 1. The molecule has 0 fully saturated rings. The molecule has 0 saturated carbocycles. The number of carboxylic acids is 1. The van der Waals surface area contributed by atoms with Gasteiger partial charge in [-0.25, -0.2) is 4.79 Å². The Kier molecular flexibility index (Phi) is 3.81. The van der Waals surface area contributed by atoms with Crippen molar-refractivity contribution in [1.82, 2.24) is 0 Å². The third-order valence-electron chi connectivity index (χ3n) is 3.26. The van der Waals surface area contributed by atoms with E-state index in [9.17, 15) is 4.79 Å². The van der Waals surface area contributed by atoms with Crippen LogP contribution in [0.25, 0.3) is 17.2 Å². The zero-order chi connectivity index (χ0) is 13.8. The van der Waals surface area contributed by atoms with E-state index in [4.69, 9.17) is 5.11 Å². The first-order valence-corrected chi connectivity index (χ1v) is 6.16. The predicted octanol–water partition coefficient (Wildman–Crippen LogP) is 4.07. The average molecular weight is 252 g/mol. The highest BCUT2D eigenvalue weighted by Gasteiger charge is 2.06. The number of aliphatic carboxylic acids is 1. The molecule has 0 spiro atoms. The van der Waals surface area contributed by atoms with Crippen molar-refractivity contribution in [1.29, 1.82) is 0 Å². The Hall–Kier alpha value is -2.35. The molecule has 0 unspecified atom stereocenters. The lowest BCUT2D eigenvalue weighted by molar-refractivity contribution is -0.131. The molecule has 2 aromatic rings. The fourth-order valence-corrected chi connectivity index (χ4v) is 2.09. The van der Waals surface area contributed by atoms with E-state index in [1.54, 1.807) is 6.08 Å². The Morgan fingerprint density at radius 3 is 2.42 bits per heavy atom. The molecule has 0 saturated heterocycles. The summed E-state index contributed by atoms with van der Waals surface area (Å²) >= 11 is 0. The summed E-state index contributed by atoms with van der Waals surface area (Å²) in [5.74, 6) is -0.934. The van der Waals surface area contributed by atoms with Gasteiger partial charge in [0.1, 0.15) is 0 Å². The summed E-state index contributed by atoms with van der Waals surface area (Å²) in [4.78, 5) is 10.7. The SMILES string of the molecule is Cc1cccc(-c2ccccc2C=CC(=O)O)c1C. The van der Waals surface area contributed by atoms with Crippen molar-refractivity contribution >= 4 is 12.0 Å². The normalized spacial score (nSPS) is 10.8. The summed E-state index contributed by atoms with van der Waals surface area (Å²) in [6, 6.07) is 14.0. The van der Waals surface area contributed by atoms with Gasteiger partial charge >= 0.3 is 5.97 Å². The summed E-state index contributed by atoms with van der Waals surface area (Å²) in [6.45, 7) is 4.16. The fourth-order valence-electron chi connectivity index (χ4n) is 2.09. The molecule has 2 aromatic carbocycles. The molecular weight excluding hydrogens is 236 g/mol. The van der Waals surface area contributed by atoms with Crippen LogP contribution in [-0.2, 0) is 4.79 Å². The van der Waals surface area contributed by atoms with Gasteiger partial charge in [0, 0.05) is 6.08 Å². The molecule has 96 valence electrons. The minimum absolute atomic E-state index is 0.915. The summed E-state index contributed by atoms with van der Waals surface area (Å²) in [5.41, 5.74) is 5.57. The zero-order valence-electron chi connectivity index (χ0n) is 11.1. The molecule has 0 aromatic heterocycles. The van der Waals surface area contributed by atoms with E-state index in [1.165, 1.54) is 17.2 Å². The molecule has 2 rings (SSSR count). The second-order valence-corrected chi connectivity index (χ2v) is 4.51. The third-order valence-corrected chi connectivity index (χ3v) is 3.26. The minimum atomic E-state index is -0.934. The van der Waals surface area contributed by atoms with Crippen molar-refractivity contribution < 1.29 is 9.90 Å². The minimum Gasteiger partial charge on any atom is -0.478 e. The Morgan fingerprint density at radius 1 is 1.00 bits per heavy atom. The Bertz CT molecular complexity index is 639. The zero-order valence-corrected chi connectivity index (χ0v) is 11.1. The van der Waals surface area contributed by atoms with E-state index in [0.717, 1.165) is 16.7 Å². The molecule has 0 radical (unpaired) electrons. The first-order valence-electron chi connectivity index (χ1n) is 6.16. The molecule has 0 heterocycles. The van der Waals surface area contributed by atoms with Crippen molar-refractivity contribution in [3.05, 3.63) is 65.2 Å². The van der Waals surface area contributed by atoms with Crippen LogP contribution in [0.15, 0.2) is 48.5 Å². The molecule has 2 nitrogen and oxygen atoms in total. The van der Waals surface area contributed by atoms with E-state index >= 15 is 0 Å². The number of benzene rings is 2. The Balaban J connectivity index is 2.56. The van der Waals surface area contributed by atoms with Gasteiger partial charge < -0.3 is 5.11 Å². The highest BCUT2D eigenvalue weighted by Crippen LogP contribution is 2.29. The van der Waals surface area contributed by atoms with Crippen LogP contribution >= 0.6 is 0 Å². The van der Waals surface area contributed by atoms with Gasteiger partial charge in [0.25, 0.3) is 0 Å². The largest absolute Gasteiger partial charge is 0.478 e. The molecule has 2 heteroatoms. The van der Waals surface area contributed by atoms with Gasteiger partial charge in [0.05, 0.1) is 0 Å². The van der Waals surface area contributed by atoms with Crippen LogP contribution in [0.2, 0.25) is 0 Å². The lowest BCUT2D eigenvalue weighted by Gasteiger charge is -2.11. The first kappa shape index (κ1) is 13.1. The van der Waals surface area contributed by atoms with Crippen LogP contribution in [0.1, 0.15) is 16.7 Å². The van der Waals surface area contributed by atoms with Crippen molar-refractivity contribution in [3.8, 4) is 11.1 Å². The van der Waals surface area contributed by atoms with Crippen LogP contribution < -0.4 is 0 Å². The monoisotopic (exact) mass is 252 g/mol. The van der Waals surface area contributed by atoms with Gasteiger partial charge in [0.15, 0.2) is 0 Å². The van der Waals surface area contributed by atoms with E-state index in [0.29, 0.717) is 0 Å². The average Bonchev–Trinajstić information content (AvgIpc) is 2.40. The smallest absolute Gasteiger partial charge is 0.328 e. The molecule has 19 heavy (non-hydrogen) atoms. The van der Waals surface area contributed by atoms with Crippen LogP contribution in [0, 0.1) is 13.8 Å². The molecule has 1 N–H and O–H groups in total. The first-order chi connectivity index (χ1) is 9.09. The number of carbonyl (C=O) groups is 1. The lowest BCUT2D eigenvalue weighted by Crippen LogP contribution is -1.91. The van der Waals surface area contributed by atoms with Gasteiger partial charge in [-0.3, -0.25) is 0 Å². The predicted molar refractivity (Wildman–Crippen MR) is 78.0 cm³/mol. The molecule has 0 aliphatic carbocycles. The van der Waals surface area contributed by atoms with Crippen LogP contribution in [0.5, 0.6) is 0 Å². The highest BCUT2D eigenvalue weighted by molar-refractivity contribution is 5.88. The summed E-state index contributed by atoms with van der Waals surface area (Å²) < 4.78 is 0. The van der Waals surface area contributed by atoms with Crippen LogP contribution in [-0.4, -0.2) is 11.1 Å². The Labute approximate surface area is 113 Å². The maximum Gasteiger partial charge on any atom is 0.328 e. The summed E-state index contributed by atoms with van der Waals surface area (Å²) in [7, 11) is 0. The number of aryl methyl sites for hydroxylation is 1. The lowest BCUT2D eigenvalue weighted by atomic mass is 9.93. The molecule has 0 aliphatic heterocycles. The van der Waals surface area contributed by atoms with Crippen molar-refractivity contribution in [2.75, 3.05) is 0 Å². The van der Waals surface area contributed by atoms with Crippen molar-refractivity contribution in [2.24, 2.45) is 0 Å². The van der Waals surface area contributed by atoms with Crippen LogP contribution in [0.4, 0.5) is 0 Å². The van der Waals surface area contributed by atoms with Crippen LogP contribution in [0.3, 0.4) is 0 Å². The van der Waals surface area contributed by atoms with E-state index in [2.05, 4.69) is 26.0 Å². The third kappa shape index (κ3) is 2.91. The molecule has 0 bridgehead atoms. The highest BCUT2D eigenvalue weighted by atomic mass is 16.4. The van der Waals surface area contributed by atoms with E-state index in [1.807, 2.05) is 30.3 Å². The van der Waals surface area contributed by atoms with Gasteiger partial charge in [0.2, 0.25) is 0 Å². The molecule has 0 atom stereocenters. The topological polar surface area (TPSA) is 37.3 Å². The Morgan fingerprint density at radius 2 is 1.68 bits per heavy atom. The fraction of sp³-hybridized carbons (Fsp3) is 0.118. The van der Waals surface area contributed by atoms with E-state index in [-0.39, 0.29) is 0 Å². The number of hydrogen-bond donors (Lipinski definition) is 1. The summed E-state index contributed by atoms with van der Waals surface area (Å²) in [5, 5.41) is 8.75. The van der Waals surface area contributed by atoms with Gasteiger partial charge in [-0.15, -0.1) is 0 Å². The second kappa shape index (κ2) is 5.53. The summed E-state index contributed by atoms with van der Waals surface area (Å²) in [6.07, 6.45) is 2.81. The maximum atomic E-state index is 10.7.